The van der Waals surface area contributed by atoms with Gasteiger partial charge in [0.15, 0.2) is 0 Å². The van der Waals surface area contributed by atoms with Crippen LogP contribution in [-0.4, -0.2) is 57.1 Å². The van der Waals surface area contributed by atoms with Crippen molar-refractivity contribution in [2.75, 3.05) is 19.0 Å². The molecule has 0 amide bonds. The van der Waals surface area contributed by atoms with E-state index in [4.69, 9.17) is 0 Å². The highest BCUT2D eigenvalue weighted by Gasteiger charge is 2.51. The molecule has 10 heteroatoms. The van der Waals surface area contributed by atoms with E-state index in [1.807, 2.05) is 48.3 Å². The highest BCUT2D eigenvalue weighted by Crippen LogP contribution is 2.43. The summed E-state index contributed by atoms with van der Waals surface area (Å²) in [5.41, 5.74) is 0.273. The van der Waals surface area contributed by atoms with Crippen LogP contribution in [0.4, 0.5) is 5.82 Å². The van der Waals surface area contributed by atoms with Crippen LogP contribution in [0.1, 0.15) is 24.8 Å². The number of likely N-dealkylation sites (N-methyl/N-ethyl adjacent to an activating group) is 1. The van der Waals surface area contributed by atoms with Crippen LogP contribution in [-0.2, 0) is 22.5 Å². The first-order chi connectivity index (χ1) is 14.2. The summed E-state index contributed by atoms with van der Waals surface area (Å²) in [4.78, 5) is 10.8. The SMILES string of the molecule is CN(Cc1ccccc1)c1ncnc2c1ccn2[C@]1(N(C)S(=O)(=O)O)CCC[C@@H]1O. The highest BCUT2D eigenvalue weighted by molar-refractivity contribution is 7.83. The van der Waals surface area contributed by atoms with Crippen LogP contribution in [0.2, 0.25) is 0 Å². The third kappa shape index (κ3) is 3.35. The van der Waals surface area contributed by atoms with Gasteiger partial charge in [0.05, 0.1) is 11.5 Å². The summed E-state index contributed by atoms with van der Waals surface area (Å²) in [6.45, 7) is 0.636. The lowest BCUT2D eigenvalue weighted by Gasteiger charge is -2.40. The largest absolute Gasteiger partial charge is 0.389 e. The van der Waals surface area contributed by atoms with Crippen LogP contribution in [0.3, 0.4) is 0 Å². The van der Waals surface area contributed by atoms with Crippen molar-refractivity contribution < 1.29 is 18.1 Å². The molecular weight excluding hydrogens is 406 g/mol. The van der Waals surface area contributed by atoms with Gasteiger partial charge in [0, 0.05) is 26.8 Å². The summed E-state index contributed by atoms with van der Waals surface area (Å²) in [5, 5.41) is 11.5. The van der Waals surface area contributed by atoms with Gasteiger partial charge in [0.2, 0.25) is 0 Å². The van der Waals surface area contributed by atoms with Crippen molar-refractivity contribution >= 4 is 27.2 Å². The zero-order valence-electron chi connectivity index (χ0n) is 16.9. The zero-order valence-corrected chi connectivity index (χ0v) is 17.7. The summed E-state index contributed by atoms with van der Waals surface area (Å²) in [6, 6.07) is 11.8. The number of fused-ring (bicyclic) bond motifs is 1. The summed E-state index contributed by atoms with van der Waals surface area (Å²) < 4.78 is 36.2. The van der Waals surface area contributed by atoms with E-state index in [1.54, 1.807) is 10.8 Å². The molecule has 30 heavy (non-hydrogen) atoms. The van der Waals surface area contributed by atoms with Crippen molar-refractivity contribution in [3.63, 3.8) is 0 Å². The van der Waals surface area contributed by atoms with Gasteiger partial charge in [-0.2, -0.15) is 12.7 Å². The Bertz CT molecular complexity index is 1150. The fourth-order valence-electron chi connectivity index (χ4n) is 4.44. The Hall–Kier alpha value is -2.53. The molecule has 9 nitrogen and oxygen atoms in total. The topological polar surface area (TPSA) is 112 Å². The molecule has 1 aliphatic carbocycles. The second-order valence-corrected chi connectivity index (χ2v) is 9.14. The number of benzene rings is 1. The number of aliphatic hydroxyl groups excluding tert-OH is 1. The number of aromatic nitrogens is 3. The van der Waals surface area contributed by atoms with E-state index in [9.17, 15) is 18.1 Å². The molecule has 2 N–H and O–H groups in total. The van der Waals surface area contributed by atoms with Crippen molar-refractivity contribution in [1.82, 2.24) is 18.8 Å². The fraction of sp³-hybridized carbons (Fsp3) is 0.400. The van der Waals surface area contributed by atoms with E-state index in [-0.39, 0.29) is 0 Å². The van der Waals surface area contributed by atoms with Gasteiger partial charge in [0.1, 0.15) is 23.5 Å². The van der Waals surface area contributed by atoms with Gasteiger partial charge in [-0.3, -0.25) is 4.55 Å². The Morgan fingerprint density at radius 2 is 1.93 bits per heavy atom. The Morgan fingerprint density at radius 3 is 2.57 bits per heavy atom. The second-order valence-electron chi connectivity index (χ2n) is 7.69. The van der Waals surface area contributed by atoms with Gasteiger partial charge in [-0.1, -0.05) is 30.3 Å². The minimum absolute atomic E-state index is 0.355. The standard InChI is InChI=1S/C20H25N5O4S/c1-23(13-15-7-4-3-5-8-15)18-16-10-12-25(19(16)22-14-21-18)20(11-6-9-17(20)26)24(2)30(27,28)29/h3-5,7-8,10,12,14,17,26H,6,9,11,13H2,1-2H3,(H,27,28,29)/t17-,20+/m0/s1. The maximum absolute atomic E-state index is 12.0. The van der Waals surface area contributed by atoms with Gasteiger partial charge in [-0.05, 0) is 30.9 Å². The number of nitrogens with zero attached hydrogens (tertiary/aromatic N) is 5. The molecule has 2 atom stereocenters. The molecular formula is C20H25N5O4S. The fourth-order valence-corrected chi connectivity index (χ4v) is 5.14. The van der Waals surface area contributed by atoms with Crippen molar-refractivity contribution in [2.45, 2.75) is 37.6 Å². The molecule has 0 saturated heterocycles. The molecule has 1 saturated carbocycles. The number of aliphatic hydroxyl groups is 1. The quantitative estimate of drug-likeness (QED) is 0.574. The Morgan fingerprint density at radius 1 is 1.20 bits per heavy atom. The first kappa shape index (κ1) is 20.7. The van der Waals surface area contributed by atoms with E-state index in [0.717, 1.165) is 15.3 Å². The van der Waals surface area contributed by atoms with Gasteiger partial charge < -0.3 is 14.6 Å². The van der Waals surface area contributed by atoms with E-state index in [1.165, 1.54) is 13.4 Å². The van der Waals surface area contributed by atoms with Gasteiger partial charge in [0.25, 0.3) is 0 Å². The average molecular weight is 432 g/mol. The van der Waals surface area contributed by atoms with Crippen LogP contribution in [0, 0.1) is 0 Å². The Balaban J connectivity index is 1.81. The smallest absolute Gasteiger partial charge is 0.337 e. The van der Waals surface area contributed by atoms with Crippen molar-refractivity contribution in [3.8, 4) is 0 Å². The molecule has 0 unspecified atom stereocenters. The van der Waals surface area contributed by atoms with Gasteiger partial charge in [-0.25, -0.2) is 9.97 Å². The lowest BCUT2D eigenvalue weighted by atomic mass is 10.1. The molecule has 0 spiro atoms. The maximum atomic E-state index is 12.0. The van der Waals surface area contributed by atoms with Crippen LogP contribution in [0.15, 0.2) is 48.9 Å². The normalized spacial score (nSPS) is 22.1. The van der Waals surface area contributed by atoms with Crippen molar-refractivity contribution in [2.24, 2.45) is 0 Å². The number of hydrogen-bond acceptors (Lipinski definition) is 6. The molecule has 4 rings (SSSR count). The molecule has 1 aliphatic rings. The highest BCUT2D eigenvalue weighted by atomic mass is 32.2. The molecule has 0 bridgehead atoms. The molecule has 2 aromatic heterocycles. The minimum atomic E-state index is -4.54. The van der Waals surface area contributed by atoms with Crippen LogP contribution >= 0.6 is 0 Å². The van der Waals surface area contributed by atoms with E-state index in [0.29, 0.717) is 37.3 Å². The molecule has 0 aliphatic heterocycles. The summed E-state index contributed by atoms with van der Waals surface area (Å²) >= 11 is 0. The number of hydrogen-bond donors (Lipinski definition) is 2. The molecule has 1 fully saturated rings. The average Bonchev–Trinajstić information content (AvgIpc) is 3.31. The van der Waals surface area contributed by atoms with Crippen LogP contribution in [0.5, 0.6) is 0 Å². The Kier molecular flexibility index (Phi) is 5.27. The molecule has 160 valence electrons. The minimum Gasteiger partial charge on any atom is -0.389 e. The van der Waals surface area contributed by atoms with Crippen molar-refractivity contribution in [1.29, 1.82) is 0 Å². The van der Waals surface area contributed by atoms with E-state index < -0.39 is 22.1 Å². The third-order valence-corrected chi connectivity index (χ3v) is 6.96. The van der Waals surface area contributed by atoms with E-state index >= 15 is 0 Å². The third-order valence-electron chi connectivity index (χ3n) is 5.95. The molecule has 1 aromatic carbocycles. The number of rotatable bonds is 6. The van der Waals surface area contributed by atoms with Crippen LogP contribution in [0.25, 0.3) is 11.0 Å². The summed E-state index contributed by atoms with van der Waals surface area (Å²) in [6.07, 6.45) is 3.54. The molecule has 3 aromatic rings. The zero-order chi connectivity index (χ0) is 21.5. The first-order valence-electron chi connectivity index (χ1n) is 9.72. The number of anilines is 1. The predicted octanol–water partition coefficient (Wildman–Crippen LogP) is 2.00. The van der Waals surface area contributed by atoms with Crippen molar-refractivity contribution in [3.05, 3.63) is 54.5 Å². The molecule has 0 radical (unpaired) electrons. The lowest BCUT2D eigenvalue weighted by molar-refractivity contribution is -0.0120. The first-order valence-corrected chi connectivity index (χ1v) is 11.1. The van der Waals surface area contributed by atoms with Gasteiger partial charge >= 0.3 is 10.3 Å². The van der Waals surface area contributed by atoms with Crippen LogP contribution < -0.4 is 4.90 Å². The monoisotopic (exact) mass is 431 g/mol. The maximum Gasteiger partial charge on any atom is 0.337 e. The lowest BCUT2D eigenvalue weighted by Crippen LogP contribution is -2.55. The summed E-state index contributed by atoms with van der Waals surface area (Å²) in [7, 11) is -1.34. The second kappa shape index (κ2) is 7.62. The molecule has 2 heterocycles. The predicted molar refractivity (Wildman–Crippen MR) is 113 cm³/mol. The van der Waals surface area contributed by atoms with Gasteiger partial charge in [-0.15, -0.1) is 0 Å². The Labute approximate surface area is 175 Å². The van der Waals surface area contributed by atoms with E-state index in [2.05, 4.69) is 9.97 Å². The summed E-state index contributed by atoms with van der Waals surface area (Å²) in [5.74, 6) is 0.694.